The second-order valence-electron chi connectivity index (χ2n) is 2.99. The molecule has 0 fully saturated rings. The van der Waals surface area contributed by atoms with Crippen LogP contribution in [0, 0.1) is 0 Å². The Hall–Kier alpha value is -0.760. The number of aliphatic hydroxyl groups excluding tert-OH is 1. The average Bonchev–Trinajstić information content (AvgIpc) is 2.06. The lowest BCUT2D eigenvalue weighted by Crippen LogP contribution is -2.13. The number of nitrogens with one attached hydrogen (secondary N) is 1. The van der Waals surface area contributed by atoms with Crippen LogP contribution in [0.15, 0.2) is 23.4 Å². The van der Waals surface area contributed by atoms with Gasteiger partial charge in [-0.25, -0.2) is 0 Å². The Morgan fingerprint density at radius 2 is 2.42 bits per heavy atom. The third-order valence-corrected chi connectivity index (χ3v) is 1.98. The maximum atomic E-state index is 8.74. The summed E-state index contributed by atoms with van der Waals surface area (Å²) in [6.07, 6.45) is 7.37. The molecule has 0 saturated carbocycles. The van der Waals surface area contributed by atoms with Gasteiger partial charge in [0.05, 0.1) is 0 Å². The number of allylic oxidation sites excluding steroid dienone is 3. The molecular formula is C10H17NO. The van der Waals surface area contributed by atoms with E-state index in [1.807, 2.05) is 0 Å². The number of hydrogen-bond donors (Lipinski definition) is 2. The lowest BCUT2D eigenvalue weighted by atomic mass is 10.0. The van der Waals surface area contributed by atoms with Gasteiger partial charge in [0.15, 0.2) is 0 Å². The molecule has 2 heteroatoms. The zero-order valence-electron chi connectivity index (χ0n) is 7.64. The van der Waals surface area contributed by atoms with E-state index in [4.69, 9.17) is 5.11 Å². The lowest BCUT2D eigenvalue weighted by Gasteiger charge is -2.14. The number of rotatable bonds is 4. The van der Waals surface area contributed by atoms with E-state index in [1.54, 1.807) is 0 Å². The van der Waals surface area contributed by atoms with Crippen molar-refractivity contribution in [1.29, 1.82) is 0 Å². The van der Waals surface area contributed by atoms with Crippen LogP contribution in [0.1, 0.15) is 26.2 Å². The van der Waals surface area contributed by atoms with Gasteiger partial charge in [0.1, 0.15) is 0 Å². The molecule has 0 unspecified atom stereocenters. The van der Waals surface area contributed by atoms with Gasteiger partial charge in [-0.15, -0.1) is 0 Å². The molecule has 0 aromatic heterocycles. The van der Waals surface area contributed by atoms with Crippen molar-refractivity contribution in [2.75, 3.05) is 13.2 Å². The first-order valence-electron chi connectivity index (χ1n) is 4.61. The maximum absolute atomic E-state index is 8.74. The largest absolute Gasteiger partial charge is 0.396 e. The van der Waals surface area contributed by atoms with E-state index in [9.17, 15) is 0 Å². The molecule has 0 atom stereocenters. The summed E-state index contributed by atoms with van der Waals surface area (Å²) in [6.45, 7) is 3.34. The topological polar surface area (TPSA) is 32.3 Å². The highest BCUT2D eigenvalue weighted by Gasteiger charge is 2.03. The summed E-state index contributed by atoms with van der Waals surface area (Å²) >= 11 is 0. The van der Waals surface area contributed by atoms with Crippen molar-refractivity contribution in [2.24, 2.45) is 0 Å². The van der Waals surface area contributed by atoms with Crippen molar-refractivity contribution in [3.05, 3.63) is 23.4 Å². The highest BCUT2D eigenvalue weighted by atomic mass is 16.2. The fourth-order valence-corrected chi connectivity index (χ4v) is 1.44. The summed E-state index contributed by atoms with van der Waals surface area (Å²) in [6, 6.07) is 0. The smallest absolute Gasteiger partial charge is 0.0471 e. The van der Waals surface area contributed by atoms with Gasteiger partial charge in [-0.05, 0) is 37.8 Å². The van der Waals surface area contributed by atoms with Crippen LogP contribution in [-0.2, 0) is 0 Å². The Morgan fingerprint density at radius 1 is 1.58 bits per heavy atom. The Balaban J connectivity index is 2.48. The molecule has 2 N–H and O–H groups in total. The summed E-state index contributed by atoms with van der Waals surface area (Å²) in [5, 5.41) is 12.1. The first kappa shape index (κ1) is 9.33. The van der Waals surface area contributed by atoms with Crippen LogP contribution in [0.4, 0.5) is 0 Å². The van der Waals surface area contributed by atoms with Crippen LogP contribution in [0.5, 0.6) is 0 Å². The van der Waals surface area contributed by atoms with Gasteiger partial charge < -0.3 is 10.4 Å². The highest BCUT2D eigenvalue weighted by molar-refractivity contribution is 5.26. The second-order valence-corrected chi connectivity index (χ2v) is 2.99. The summed E-state index contributed by atoms with van der Waals surface area (Å²) in [7, 11) is 0. The van der Waals surface area contributed by atoms with Crippen molar-refractivity contribution in [2.45, 2.75) is 26.2 Å². The van der Waals surface area contributed by atoms with E-state index >= 15 is 0 Å². The molecule has 0 saturated heterocycles. The van der Waals surface area contributed by atoms with Crippen molar-refractivity contribution in [3.8, 4) is 0 Å². The molecular weight excluding hydrogens is 150 g/mol. The molecule has 0 spiro atoms. The summed E-state index contributed by atoms with van der Waals surface area (Å²) in [5.74, 6) is 0. The molecule has 68 valence electrons. The fraction of sp³-hybridized carbons (Fsp3) is 0.600. The first-order valence-corrected chi connectivity index (χ1v) is 4.61. The Morgan fingerprint density at radius 3 is 3.08 bits per heavy atom. The van der Waals surface area contributed by atoms with Crippen LogP contribution >= 0.6 is 0 Å². The summed E-state index contributed by atoms with van der Waals surface area (Å²) in [5.41, 5.74) is 2.57. The quantitative estimate of drug-likeness (QED) is 0.666. The first-order chi connectivity index (χ1) is 5.86. The third kappa shape index (κ3) is 2.70. The maximum Gasteiger partial charge on any atom is 0.0471 e. The van der Waals surface area contributed by atoms with Crippen LogP contribution in [0.25, 0.3) is 0 Å². The molecule has 1 rings (SSSR count). The normalized spacial score (nSPS) is 16.8. The van der Waals surface area contributed by atoms with Crippen molar-refractivity contribution < 1.29 is 5.11 Å². The SMILES string of the molecule is CCNC1=CC(CCO)=CCC1. The molecule has 0 aliphatic heterocycles. The molecule has 0 radical (unpaired) electrons. The van der Waals surface area contributed by atoms with Gasteiger partial charge in [-0.1, -0.05) is 6.08 Å². The van der Waals surface area contributed by atoms with Gasteiger partial charge in [-0.3, -0.25) is 0 Å². The van der Waals surface area contributed by atoms with E-state index in [-0.39, 0.29) is 6.61 Å². The Bertz CT molecular complexity index is 194. The zero-order chi connectivity index (χ0) is 8.81. The van der Waals surface area contributed by atoms with Gasteiger partial charge in [0, 0.05) is 18.8 Å². The molecule has 0 amide bonds. The second kappa shape index (κ2) is 4.99. The predicted molar refractivity (Wildman–Crippen MR) is 50.8 cm³/mol. The molecule has 2 nitrogen and oxygen atoms in total. The van der Waals surface area contributed by atoms with Crippen molar-refractivity contribution in [1.82, 2.24) is 5.32 Å². The molecule has 1 aliphatic rings. The Labute approximate surface area is 74.0 Å². The van der Waals surface area contributed by atoms with Crippen LogP contribution in [-0.4, -0.2) is 18.3 Å². The van der Waals surface area contributed by atoms with E-state index in [0.29, 0.717) is 0 Å². The van der Waals surface area contributed by atoms with Gasteiger partial charge in [-0.2, -0.15) is 0 Å². The zero-order valence-corrected chi connectivity index (χ0v) is 7.64. The van der Waals surface area contributed by atoms with Gasteiger partial charge in [0.2, 0.25) is 0 Å². The lowest BCUT2D eigenvalue weighted by molar-refractivity contribution is 0.300. The predicted octanol–water partition coefficient (Wildman–Crippen LogP) is 1.58. The monoisotopic (exact) mass is 167 g/mol. The van der Waals surface area contributed by atoms with Gasteiger partial charge in [0.25, 0.3) is 0 Å². The van der Waals surface area contributed by atoms with Crippen molar-refractivity contribution >= 4 is 0 Å². The molecule has 12 heavy (non-hydrogen) atoms. The third-order valence-electron chi connectivity index (χ3n) is 1.98. The Kier molecular flexibility index (Phi) is 3.88. The minimum atomic E-state index is 0.252. The number of aliphatic hydroxyl groups is 1. The van der Waals surface area contributed by atoms with E-state index in [1.165, 1.54) is 11.3 Å². The van der Waals surface area contributed by atoms with Crippen LogP contribution < -0.4 is 5.32 Å². The van der Waals surface area contributed by atoms with E-state index in [0.717, 1.165) is 25.8 Å². The summed E-state index contributed by atoms with van der Waals surface area (Å²) < 4.78 is 0. The molecule has 0 aromatic rings. The van der Waals surface area contributed by atoms with Crippen LogP contribution in [0.3, 0.4) is 0 Å². The minimum Gasteiger partial charge on any atom is -0.396 e. The molecule has 0 heterocycles. The number of hydrogen-bond acceptors (Lipinski definition) is 2. The summed E-state index contributed by atoms with van der Waals surface area (Å²) in [4.78, 5) is 0. The fourth-order valence-electron chi connectivity index (χ4n) is 1.44. The average molecular weight is 167 g/mol. The van der Waals surface area contributed by atoms with E-state index in [2.05, 4.69) is 24.4 Å². The van der Waals surface area contributed by atoms with Gasteiger partial charge >= 0.3 is 0 Å². The molecule has 0 aromatic carbocycles. The van der Waals surface area contributed by atoms with Crippen LogP contribution in [0.2, 0.25) is 0 Å². The van der Waals surface area contributed by atoms with Crippen molar-refractivity contribution in [3.63, 3.8) is 0 Å². The minimum absolute atomic E-state index is 0.252. The highest BCUT2D eigenvalue weighted by Crippen LogP contribution is 2.17. The molecule has 0 bridgehead atoms. The van der Waals surface area contributed by atoms with E-state index < -0.39 is 0 Å². The standard InChI is InChI=1S/C10H17NO/c1-2-11-10-5-3-4-9(8-10)6-7-12/h4,8,11-12H,2-3,5-7H2,1H3. The molecule has 1 aliphatic carbocycles.